The van der Waals surface area contributed by atoms with Crippen LogP contribution >= 0.6 is 0 Å². The van der Waals surface area contributed by atoms with E-state index in [-0.39, 0.29) is 5.75 Å². The second-order valence-corrected chi connectivity index (χ2v) is 5.22. The molecule has 0 aliphatic heterocycles. The van der Waals surface area contributed by atoms with E-state index in [1.54, 1.807) is 20.9 Å². The Hall–Kier alpha value is -0.620. The quantitative estimate of drug-likeness (QED) is 0.650. The first kappa shape index (κ1) is 12.4. The van der Waals surface area contributed by atoms with Crippen LogP contribution in [0.5, 0.6) is 0 Å². The number of nitrogens with one attached hydrogen (secondary N) is 2. The monoisotopic (exact) mass is 208 g/mol. The second-order valence-electron chi connectivity index (χ2n) is 3.21. The van der Waals surface area contributed by atoms with Crippen molar-refractivity contribution in [1.29, 1.82) is 0 Å². The SMILES string of the molecule is CCS(=O)(=O)NC(=O)C(C)(C)NC. The van der Waals surface area contributed by atoms with E-state index in [2.05, 4.69) is 5.32 Å². The second kappa shape index (κ2) is 4.06. The minimum absolute atomic E-state index is 0.0987. The molecular weight excluding hydrogens is 192 g/mol. The number of carbonyl (C=O) groups excluding carboxylic acids is 1. The van der Waals surface area contributed by atoms with Crippen molar-refractivity contribution in [3.63, 3.8) is 0 Å². The number of carbonyl (C=O) groups is 1. The fourth-order valence-electron chi connectivity index (χ4n) is 0.455. The molecule has 78 valence electrons. The van der Waals surface area contributed by atoms with Crippen LogP contribution in [-0.2, 0) is 14.8 Å². The Morgan fingerprint density at radius 3 is 2.15 bits per heavy atom. The highest BCUT2D eigenvalue weighted by Gasteiger charge is 2.28. The maximum absolute atomic E-state index is 11.3. The average Bonchev–Trinajstić information content (AvgIpc) is 2.04. The molecule has 0 saturated heterocycles. The molecule has 0 heterocycles. The summed E-state index contributed by atoms with van der Waals surface area (Å²) in [4.78, 5) is 11.3. The number of rotatable bonds is 4. The molecule has 0 aromatic carbocycles. The molecule has 13 heavy (non-hydrogen) atoms. The van der Waals surface area contributed by atoms with Gasteiger partial charge >= 0.3 is 0 Å². The van der Waals surface area contributed by atoms with E-state index < -0.39 is 21.5 Å². The van der Waals surface area contributed by atoms with Crippen molar-refractivity contribution in [3.05, 3.63) is 0 Å². The smallest absolute Gasteiger partial charge is 0.253 e. The molecule has 0 aliphatic rings. The van der Waals surface area contributed by atoms with Crippen molar-refractivity contribution in [2.24, 2.45) is 0 Å². The number of likely N-dealkylation sites (N-methyl/N-ethyl adjacent to an activating group) is 1. The van der Waals surface area contributed by atoms with Crippen LogP contribution in [0, 0.1) is 0 Å². The van der Waals surface area contributed by atoms with Crippen LogP contribution in [0.15, 0.2) is 0 Å². The standard InChI is InChI=1S/C7H16N2O3S/c1-5-13(11,12)9-6(10)7(2,3)8-4/h8H,5H2,1-4H3,(H,9,10). The van der Waals surface area contributed by atoms with Crippen LogP contribution in [0.25, 0.3) is 0 Å². The fourth-order valence-corrected chi connectivity index (χ4v) is 1.14. The molecule has 0 aromatic heterocycles. The number of hydrogen-bond donors (Lipinski definition) is 2. The minimum Gasteiger partial charge on any atom is -0.307 e. The Morgan fingerprint density at radius 1 is 1.38 bits per heavy atom. The van der Waals surface area contributed by atoms with Gasteiger partial charge in [0.1, 0.15) is 0 Å². The molecule has 0 saturated carbocycles. The molecule has 0 rings (SSSR count). The van der Waals surface area contributed by atoms with Gasteiger partial charge in [-0.2, -0.15) is 0 Å². The molecule has 0 atom stereocenters. The third-order valence-corrected chi connectivity index (χ3v) is 3.08. The first-order valence-electron chi connectivity index (χ1n) is 3.99. The largest absolute Gasteiger partial charge is 0.307 e. The zero-order chi connectivity index (χ0) is 10.7. The highest BCUT2D eigenvalue weighted by molar-refractivity contribution is 7.90. The van der Waals surface area contributed by atoms with Crippen molar-refractivity contribution >= 4 is 15.9 Å². The molecule has 0 aromatic rings. The van der Waals surface area contributed by atoms with Crippen molar-refractivity contribution in [1.82, 2.24) is 10.0 Å². The van der Waals surface area contributed by atoms with Crippen LogP contribution in [0.2, 0.25) is 0 Å². The Balaban J connectivity index is 4.50. The predicted molar refractivity (Wildman–Crippen MR) is 50.7 cm³/mol. The van der Waals surface area contributed by atoms with E-state index in [9.17, 15) is 13.2 Å². The highest BCUT2D eigenvalue weighted by Crippen LogP contribution is 2.01. The lowest BCUT2D eigenvalue weighted by molar-refractivity contribution is -0.124. The average molecular weight is 208 g/mol. The van der Waals surface area contributed by atoms with Crippen LogP contribution in [0.3, 0.4) is 0 Å². The predicted octanol–water partition coefficient (Wildman–Crippen LogP) is -0.550. The first-order valence-corrected chi connectivity index (χ1v) is 5.64. The van der Waals surface area contributed by atoms with Gasteiger partial charge in [0.2, 0.25) is 10.0 Å². The lowest BCUT2D eigenvalue weighted by atomic mass is 10.1. The van der Waals surface area contributed by atoms with E-state index in [4.69, 9.17) is 0 Å². The van der Waals surface area contributed by atoms with Gasteiger partial charge in [-0.25, -0.2) is 8.42 Å². The summed E-state index contributed by atoms with van der Waals surface area (Å²) in [6.07, 6.45) is 0. The molecular formula is C7H16N2O3S. The first-order chi connectivity index (χ1) is 5.75. The van der Waals surface area contributed by atoms with Gasteiger partial charge in [0.15, 0.2) is 0 Å². The van der Waals surface area contributed by atoms with Gasteiger partial charge in [0.25, 0.3) is 5.91 Å². The zero-order valence-corrected chi connectivity index (χ0v) is 9.16. The number of hydrogen-bond acceptors (Lipinski definition) is 4. The number of amides is 1. The molecule has 0 unspecified atom stereocenters. The summed E-state index contributed by atoms with van der Waals surface area (Å²) in [5, 5.41) is 2.71. The summed E-state index contributed by atoms with van der Waals surface area (Å²) in [6.45, 7) is 4.68. The van der Waals surface area contributed by atoms with E-state index in [1.807, 2.05) is 4.72 Å². The van der Waals surface area contributed by atoms with E-state index in [0.717, 1.165) is 0 Å². The molecule has 5 nitrogen and oxygen atoms in total. The van der Waals surface area contributed by atoms with E-state index in [1.165, 1.54) is 6.92 Å². The Bertz CT molecular complexity index is 282. The summed E-state index contributed by atoms with van der Waals surface area (Å²) >= 11 is 0. The summed E-state index contributed by atoms with van der Waals surface area (Å²) in [5.41, 5.74) is -0.873. The molecule has 0 radical (unpaired) electrons. The highest BCUT2D eigenvalue weighted by atomic mass is 32.2. The Labute approximate surface area is 79.0 Å². The molecule has 2 N–H and O–H groups in total. The molecule has 0 spiro atoms. The van der Waals surface area contributed by atoms with Gasteiger partial charge < -0.3 is 5.32 Å². The van der Waals surface area contributed by atoms with Gasteiger partial charge in [-0.05, 0) is 27.8 Å². The van der Waals surface area contributed by atoms with Gasteiger partial charge in [-0.15, -0.1) is 0 Å². The molecule has 0 fully saturated rings. The third kappa shape index (κ3) is 3.73. The van der Waals surface area contributed by atoms with Crippen LogP contribution in [0.4, 0.5) is 0 Å². The number of sulfonamides is 1. The maximum Gasteiger partial charge on any atom is 0.253 e. The minimum atomic E-state index is -3.45. The van der Waals surface area contributed by atoms with Crippen molar-refractivity contribution in [2.45, 2.75) is 26.3 Å². The van der Waals surface area contributed by atoms with Gasteiger partial charge in [0.05, 0.1) is 11.3 Å². The lowest BCUT2D eigenvalue weighted by Gasteiger charge is -2.22. The van der Waals surface area contributed by atoms with Crippen LogP contribution in [-0.4, -0.2) is 32.7 Å². The van der Waals surface area contributed by atoms with Gasteiger partial charge in [-0.1, -0.05) is 0 Å². The van der Waals surface area contributed by atoms with Crippen LogP contribution < -0.4 is 10.0 Å². The summed E-state index contributed by atoms with van der Waals surface area (Å²) < 4.78 is 24.0. The molecule has 0 aliphatic carbocycles. The maximum atomic E-state index is 11.3. The van der Waals surface area contributed by atoms with Gasteiger partial charge in [-0.3, -0.25) is 9.52 Å². The summed E-state index contributed by atoms with van der Waals surface area (Å²) in [5.74, 6) is -0.643. The van der Waals surface area contributed by atoms with Gasteiger partial charge in [0, 0.05) is 0 Å². The Kier molecular flexibility index (Phi) is 3.87. The fraction of sp³-hybridized carbons (Fsp3) is 0.857. The van der Waals surface area contributed by atoms with E-state index in [0.29, 0.717) is 0 Å². The summed E-state index contributed by atoms with van der Waals surface area (Å²) in [6, 6.07) is 0. The third-order valence-electron chi connectivity index (χ3n) is 1.82. The molecule has 6 heteroatoms. The topological polar surface area (TPSA) is 75.3 Å². The zero-order valence-electron chi connectivity index (χ0n) is 8.34. The van der Waals surface area contributed by atoms with Crippen molar-refractivity contribution < 1.29 is 13.2 Å². The normalized spacial score (nSPS) is 12.6. The van der Waals surface area contributed by atoms with E-state index >= 15 is 0 Å². The summed E-state index contributed by atoms with van der Waals surface area (Å²) in [7, 11) is -1.86. The molecule has 0 bridgehead atoms. The van der Waals surface area contributed by atoms with Crippen molar-refractivity contribution in [2.75, 3.05) is 12.8 Å². The molecule has 1 amide bonds. The lowest BCUT2D eigenvalue weighted by Crippen LogP contribution is -2.52. The van der Waals surface area contributed by atoms with Crippen LogP contribution in [0.1, 0.15) is 20.8 Å². The Morgan fingerprint density at radius 2 is 1.85 bits per heavy atom. The van der Waals surface area contributed by atoms with Crippen molar-refractivity contribution in [3.8, 4) is 0 Å².